The molecule has 0 amide bonds. The number of carbonyl (C=O) groups excluding carboxylic acids is 1. The van der Waals surface area contributed by atoms with Gasteiger partial charge in [-0.2, -0.15) is 0 Å². The van der Waals surface area contributed by atoms with Crippen LogP contribution in [0.5, 0.6) is 0 Å². The summed E-state index contributed by atoms with van der Waals surface area (Å²) in [5.74, 6) is -0.324. The van der Waals surface area contributed by atoms with Crippen LogP contribution in [-0.4, -0.2) is 30.2 Å². The summed E-state index contributed by atoms with van der Waals surface area (Å²) in [6.45, 7) is 0. The quantitative estimate of drug-likeness (QED) is 0.569. The smallest absolute Gasteiger partial charge is 0.469 e. The highest BCUT2D eigenvalue weighted by Crippen LogP contribution is 2.16. The van der Waals surface area contributed by atoms with Gasteiger partial charge in [-0.3, -0.25) is 4.79 Å². The summed E-state index contributed by atoms with van der Waals surface area (Å²) >= 11 is 0. The van der Waals surface area contributed by atoms with Crippen LogP contribution in [0.4, 0.5) is 0 Å². The lowest BCUT2D eigenvalue weighted by Gasteiger charge is -1.99. The molecule has 2 rings (SSSR count). The fraction of sp³-hybridized carbons (Fsp3) is 0.182. The second-order valence-electron chi connectivity index (χ2n) is 3.65. The van der Waals surface area contributed by atoms with Crippen LogP contribution in [0, 0.1) is 0 Å². The maximum absolute atomic E-state index is 11.1. The maximum Gasteiger partial charge on any atom is 0.526 e. The molecule has 0 saturated heterocycles. The van der Waals surface area contributed by atoms with Crippen LogP contribution in [0.15, 0.2) is 28.7 Å². The summed E-state index contributed by atoms with van der Waals surface area (Å²) in [5.41, 5.74) is 1.40. The van der Waals surface area contributed by atoms with E-state index in [1.165, 1.54) is 13.2 Å². The van der Waals surface area contributed by atoms with E-state index in [9.17, 15) is 4.79 Å². The molecular weight excluding hydrogens is 223 g/mol. The van der Waals surface area contributed by atoms with Crippen molar-refractivity contribution in [2.24, 2.45) is 0 Å². The Balaban J connectivity index is 2.33. The normalized spacial score (nSPS) is 10.5. The van der Waals surface area contributed by atoms with Crippen molar-refractivity contribution in [2.45, 2.75) is 6.42 Å². The fourth-order valence-corrected chi connectivity index (χ4v) is 1.59. The standard InChI is InChI=1S/C11H11BO5/c1-16-11(13)5-7-2-3-9-8(4-7)6-10(17-9)12(14)15/h2-4,6,14-15H,5H2,1H3. The van der Waals surface area contributed by atoms with E-state index >= 15 is 0 Å². The molecule has 0 radical (unpaired) electrons. The van der Waals surface area contributed by atoms with Crippen LogP contribution in [0.3, 0.4) is 0 Å². The van der Waals surface area contributed by atoms with Gasteiger partial charge in [0.15, 0.2) is 0 Å². The Kier molecular flexibility index (Phi) is 3.17. The Hall–Kier alpha value is -1.79. The Morgan fingerprint density at radius 2 is 2.18 bits per heavy atom. The molecule has 0 saturated carbocycles. The number of hydrogen-bond donors (Lipinski definition) is 2. The summed E-state index contributed by atoms with van der Waals surface area (Å²) in [4.78, 5) is 11.1. The lowest BCUT2D eigenvalue weighted by Crippen LogP contribution is -2.27. The highest BCUT2D eigenvalue weighted by molar-refractivity contribution is 6.57. The van der Waals surface area contributed by atoms with Gasteiger partial charge in [-0.25, -0.2) is 0 Å². The fourth-order valence-electron chi connectivity index (χ4n) is 1.59. The summed E-state index contributed by atoms with van der Waals surface area (Å²) in [5, 5.41) is 18.6. The first-order valence-corrected chi connectivity index (χ1v) is 5.05. The van der Waals surface area contributed by atoms with Crippen molar-refractivity contribution in [3.05, 3.63) is 29.8 Å². The molecule has 0 fully saturated rings. The van der Waals surface area contributed by atoms with Crippen molar-refractivity contribution >= 4 is 29.7 Å². The molecular formula is C11H11BO5. The molecule has 0 aliphatic heterocycles. The van der Waals surface area contributed by atoms with E-state index in [2.05, 4.69) is 4.74 Å². The van der Waals surface area contributed by atoms with E-state index in [0.717, 1.165) is 10.9 Å². The zero-order valence-corrected chi connectivity index (χ0v) is 9.21. The molecule has 0 aliphatic carbocycles. The molecule has 88 valence electrons. The second-order valence-corrected chi connectivity index (χ2v) is 3.65. The number of rotatable bonds is 3. The van der Waals surface area contributed by atoms with Gasteiger partial charge in [0, 0.05) is 5.39 Å². The van der Waals surface area contributed by atoms with Crippen LogP contribution in [-0.2, 0) is 16.0 Å². The van der Waals surface area contributed by atoms with Crippen molar-refractivity contribution in [3.63, 3.8) is 0 Å². The summed E-state index contributed by atoms with van der Waals surface area (Å²) in [7, 11) is -0.301. The van der Waals surface area contributed by atoms with Crippen LogP contribution < -0.4 is 5.66 Å². The zero-order chi connectivity index (χ0) is 12.4. The first-order chi connectivity index (χ1) is 8.10. The van der Waals surface area contributed by atoms with Gasteiger partial charge in [-0.15, -0.1) is 0 Å². The van der Waals surface area contributed by atoms with E-state index in [0.29, 0.717) is 5.58 Å². The van der Waals surface area contributed by atoms with Crippen molar-refractivity contribution in [1.82, 2.24) is 0 Å². The van der Waals surface area contributed by atoms with Gasteiger partial charge < -0.3 is 19.2 Å². The van der Waals surface area contributed by atoms with Crippen LogP contribution in [0.2, 0.25) is 0 Å². The minimum absolute atomic E-state index is 0.0789. The van der Waals surface area contributed by atoms with E-state index in [1.807, 2.05) is 0 Å². The number of ether oxygens (including phenoxy) is 1. The molecule has 0 aliphatic rings. The molecule has 5 nitrogen and oxygen atoms in total. The molecule has 0 spiro atoms. The first kappa shape index (κ1) is 11.7. The third-order valence-corrected chi connectivity index (χ3v) is 2.43. The molecule has 0 atom stereocenters. The van der Waals surface area contributed by atoms with Gasteiger partial charge in [0.25, 0.3) is 0 Å². The van der Waals surface area contributed by atoms with Gasteiger partial charge in [0.2, 0.25) is 0 Å². The average molecular weight is 234 g/mol. The van der Waals surface area contributed by atoms with Crippen LogP contribution >= 0.6 is 0 Å². The largest absolute Gasteiger partial charge is 0.526 e. The minimum atomic E-state index is -1.63. The number of esters is 1. The van der Waals surface area contributed by atoms with E-state index < -0.39 is 7.12 Å². The van der Waals surface area contributed by atoms with E-state index in [4.69, 9.17) is 14.5 Å². The third-order valence-electron chi connectivity index (χ3n) is 2.43. The lowest BCUT2D eigenvalue weighted by molar-refractivity contribution is -0.139. The summed E-state index contributed by atoms with van der Waals surface area (Å²) < 4.78 is 9.77. The highest BCUT2D eigenvalue weighted by atomic mass is 16.5. The van der Waals surface area contributed by atoms with Gasteiger partial charge in [-0.05, 0) is 23.8 Å². The molecule has 1 aromatic heterocycles. The van der Waals surface area contributed by atoms with Crippen molar-refractivity contribution in [2.75, 3.05) is 7.11 Å². The number of furan rings is 1. The SMILES string of the molecule is COC(=O)Cc1ccc2oc(B(O)O)cc2c1. The Bertz CT molecular complexity index is 546. The minimum Gasteiger partial charge on any atom is -0.469 e. The predicted molar refractivity (Wildman–Crippen MR) is 61.8 cm³/mol. The van der Waals surface area contributed by atoms with E-state index in [1.54, 1.807) is 18.2 Å². The molecule has 17 heavy (non-hydrogen) atoms. The third kappa shape index (κ3) is 2.48. The number of carbonyl (C=O) groups is 1. The highest BCUT2D eigenvalue weighted by Gasteiger charge is 2.17. The van der Waals surface area contributed by atoms with Crippen LogP contribution in [0.1, 0.15) is 5.56 Å². The first-order valence-electron chi connectivity index (χ1n) is 5.05. The maximum atomic E-state index is 11.1. The van der Waals surface area contributed by atoms with Gasteiger partial charge >= 0.3 is 13.1 Å². The van der Waals surface area contributed by atoms with E-state index in [-0.39, 0.29) is 18.0 Å². The number of hydrogen-bond acceptors (Lipinski definition) is 5. The lowest BCUT2D eigenvalue weighted by atomic mass is 9.88. The Labute approximate surface area is 97.8 Å². The van der Waals surface area contributed by atoms with Gasteiger partial charge in [0.05, 0.1) is 13.5 Å². The summed E-state index contributed by atoms with van der Waals surface area (Å²) in [6, 6.07) is 6.69. The summed E-state index contributed by atoms with van der Waals surface area (Å²) in [6.07, 6.45) is 0.175. The predicted octanol–water partition coefficient (Wildman–Crippen LogP) is -0.172. The van der Waals surface area contributed by atoms with Gasteiger partial charge in [0.1, 0.15) is 11.2 Å². The number of fused-ring (bicyclic) bond motifs is 1. The van der Waals surface area contributed by atoms with Crippen molar-refractivity contribution in [1.29, 1.82) is 0 Å². The van der Waals surface area contributed by atoms with Crippen molar-refractivity contribution < 1.29 is 24.0 Å². The Morgan fingerprint density at radius 3 is 2.82 bits per heavy atom. The molecule has 2 aromatic rings. The molecule has 6 heteroatoms. The van der Waals surface area contributed by atoms with Crippen molar-refractivity contribution in [3.8, 4) is 0 Å². The molecule has 1 aromatic carbocycles. The number of methoxy groups -OCH3 is 1. The average Bonchev–Trinajstić information content (AvgIpc) is 2.72. The molecule has 2 N–H and O–H groups in total. The molecule has 0 unspecified atom stereocenters. The topological polar surface area (TPSA) is 79.9 Å². The van der Waals surface area contributed by atoms with Crippen LogP contribution in [0.25, 0.3) is 11.0 Å². The monoisotopic (exact) mass is 234 g/mol. The zero-order valence-electron chi connectivity index (χ0n) is 9.21. The molecule has 0 bridgehead atoms. The second kappa shape index (κ2) is 4.61. The Morgan fingerprint density at radius 1 is 1.41 bits per heavy atom. The molecule has 1 heterocycles. The van der Waals surface area contributed by atoms with Gasteiger partial charge in [-0.1, -0.05) is 6.07 Å². The number of benzene rings is 1.